The number of nitrogens with zero attached hydrogens (tertiary/aromatic N) is 5. The van der Waals surface area contributed by atoms with E-state index in [4.69, 9.17) is 0 Å². The van der Waals surface area contributed by atoms with Crippen LogP contribution in [-0.2, 0) is 0 Å². The topological polar surface area (TPSA) is 101 Å². The van der Waals surface area contributed by atoms with E-state index < -0.39 is 0 Å². The predicted molar refractivity (Wildman–Crippen MR) is 116 cm³/mol. The van der Waals surface area contributed by atoms with Crippen molar-refractivity contribution in [1.82, 2.24) is 29.7 Å². The molecule has 3 aromatic heterocycles. The minimum Gasteiger partial charge on any atom is -0.338 e. The maximum absolute atomic E-state index is 12.5. The van der Waals surface area contributed by atoms with Gasteiger partial charge in [0, 0.05) is 28.1 Å². The normalized spacial score (nSPS) is 11.0. The predicted octanol–water partition coefficient (Wildman–Crippen LogP) is 4.22. The van der Waals surface area contributed by atoms with Crippen LogP contribution in [0.25, 0.3) is 28.2 Å². The van der Waals surface area contributed by atoms with Gasteiger partial charge in [-0.25, -0.2) is 9.97 Å². The maximum atomic E-state index is 12.5. The lowest BCUT2D eigenvalue weighted by Crippen LogP contribution is -2.14. The Hall–Kier alpha value is -3.85. The Morgan fingerprint density at radius 3 is 2.63 bits per heavy atom. The van der Waals surface area contributed by atoms with Crippen LogP contribution >= 0.6 is 15.9 Å². The molecule has 30 heavy (non-hydrogen) atoms. The summed E-state index contributed by atoms with van der Waals surface area (Å²) in [5.41, 5.74) is 3.65. The molecule has 5 aromatic rings. The van der Waals surface area contributed by atoms with Crippen LogP contribution < -0.4 is 5.32 Å². The van der Waals surface area contributed by atoms with Crippen molar-refractivity contribution >= 4 is 38.6 Å². The third kappa shape index (κ3) is 3.58. The van der Waals surface area contributed by atoms with Gasteiger partial charge in [0.05, 0.1) is 11.0 Å². The highest BCUT2D eigenvalue weighted by molar-refractivity contribution is 9.10. The highest BCUT2D eigenvalue weighted by Crippen LogP contribution is 2.24. The van der Waals surface area contributed by atoms with Crippen molar-refractivity contribution in [2.24, 2.45) is 0 Å². The molecule has 0 fully saturated rings. The second kappa shape index (κ2) is 7.53. The summed E-state index contributed by atoms with van der Waals surface area (Å²) in [6, 6.07) is 16.7. The second-order valence-corrected chi connectivity index (χ2v) is 7.44. The zero-order valence-electron chi connectivity index (χ0n) is 15.5. The number of amides is 1. The monoisotopic (exact) mass is 459 g/mol. The zero-order chi connectivity index (χ0) is 20.5. The van der Waals surface area contributed by atoms with Gasteiger partial charge in [0.2, 0.25) is 0 Å². The number of halogens is 1. The molecule has 0 spiro atoms. The quantitative estimate of drug-likeness (QED) is 0.418. The molecule has 9 heteroatoms. The second-order valence-electron chi connectivity index (χ2n) is 6.53. The van der Waals surface area contributed by atoms with Crippen molar-refractivity contribution in [1.29, 1.82) is 0 Å². The van der Waals surface area contributed by atoms with Gasteiger partial charge in [0.1, 0.15) is 12.2 Å². The molecule has 2 N–H and O–H groups in total. The van der Waals surface area contributed by atoms with Gasteiger partial charge in [-0.15, -0.1) is 10.2 Å². The van der Waals surface area contributed by atoms with Crippen LogP contribution in [0, 0.1) is 0 Å². The van der Waals surface area contributed by atoms with E-state index in [2.05, 4.69) is 46.4 Å². The Labute approximate surface area is 179 Å². The fraction of sp³-hybridized carbons (Fsp3) is 0. The lowest BCUT2D eigenvalue weighted by atomic mass is 10.2. The average Bonchev–Trinajstić information content (AvgIpc) is 3.44. The summed E-state index contributed by atoms with van der Waals surface area (Å²) in [7, 11) is 0. The van der Waals surface area contributed by atoms with E-state index in [0.29, 0.717) is 11.5 Å². The molecule has 0 aliphatic rings. The van der Waals surface area contributed by atoms with E-state index >= 15 is 0 Å². The number of aromatic nitrogens is 6. The molecule has 5 rings (SSSR count). The molecule has 0 saturated carbocycles. The van der Waals surface area contributed by atoms with Gasteiger partial charge in [0.25, 0.3) is 5.91 Å². The third-order valence-corrected chi connectivity index (χ3v) is 5.01. The Balaban J connectivity index is 1.31. The van der Waals surface area contributed by atoms with Crippen LogP contribution in [-0.4, -0.2) is 35.6 Å². The molecule has 0 aliphatic carbocycles. The van der Waals surface area contributed by atoms with Gasteiger partial charge in [0.15, 0.2) is 11.5 Å². The summed E-state index contributed by atoms with van der Waals surface area (Å²) >= 11 is 3.46. The van der Waals surface area contributed by atoms with Crippen molar-refractivity contribution in [3.63, 3.8) is 0 Å². The number of H-pyrrole nitrogens is 1. The first-order valence-corrected chi connectivity index (χ1v) is 9.84. The molecule has 8 nitrogen and oxygen atoms in total. The molecule has 1 amide bonds. The van der Waals surface area contributed by atoms with Crippen LogP contribution in [0.15, 0.2) is 77.8 Å². The first-order valence-electron chi connectivity index (χ1n) is 9.05. The van der Waals surface area contributed by atoms with Gasteiger partial charge in [-0.3, -0.25) is 9.36 Å². The molecular formula is C21H14BrN7O. The van der Waals surface area contributed by atoms with E-state index in [1.807, 2.05) is 42.5 Å². The van der Waals surface area contributed by atoms with Crippen molar-refractivity contribution < 1.29 is 4.79 Å². The van der Waals surface area contributed by atoms with E-state index in [1.165, 1.54) is 0 Å². The Bertz CT molecular complexity index is 1330. The molecule has 146 valence electrons. The number of rotatable bonds is 4. The lowest BCUT2D eigenvalue weighted by molar-refractivity contribution is 0.102. The molecular weight excluding hydrogens is 446 g/mol. The molecule has 0 bridgehead atoms. The summed E-state index contributed by atoms with van der Waals surface area (Å²) in [6.45, 7) is 0. The molecule has 0 radical (unpaired) electrons. The highest BCUT2D eigenvalue weighted by atomic mass is 79.9. The standard InChI is InChI=1S/C21H14BrN7O/c22-14-3-6-16-18(11-14)26-20(25-16)13-1-4-15(5-2-13)24-21(30)17-7-8-19(28-27-17)29-10-9-23-12-29/h1-12H,(H,24,30)(H,25,26). The number of nitrogens with one attached hydrogen (secondary N) is 2. The van der Waals surface area contributed by atoms with Gasteiger partial charge in [-0.05, 0) is 54.6 Å². The minimum atomic E-state index is -0.332. The van der Waals surface area contributed by atoms with Crippen LogP contribution in [0.5, 0.6) is 0 Å². The molecule has 0 aliphatic heterocycles. The molecule has 0 saturated heterocycles. The number of fused-ring (bicyclic) bond motifs is 1. The number of hydrogen-bond acceptors (Lipinski definition) is 5. The lowest BCUT2D eigenvalue weighted by Gasteiger charge is -2.06. The van der Waals surface area contributed by atoms with Crippen molar-refractivity contribution in [2.45, 2.75) is 0 Å². The number of carbonyl (C=O) groups excluding carboxylic acids is 1. The Morgan fingerprint density at radius 1 is 1.03 bits per heavy atom. The highest BCUT2D eigenvalue weighted by Gasteiger charge is 2.10. The summed E-state index contributed by atoms with van der Waals surface area (Å²) in [5.74, 6) is 1.02. The van der Waals surface area contributed by atoms with Crippen molar-refractivity contribution in [2.75, 3.05) is 5.32 Å². The van der Waals surface area contributed by atoms with E-state index in [1.54, 1.807) is 35.4 Å². The van der Waals surface area contributed by atoms with Gasteiger partial charge in [-0.2, -0.15) is 0 Å². The molecule has 2 aromatic carbocycles. The van der Waals surface area contributed by atoms with Crippen molar-refractivity contribution in [3.8, 4) is 17.2 Å². The summed E-state index contributed by atoms with van der Waals surface area (Å²) in [6.07, 6.45) is 5.02. The van der Waals surface area contributed by atoms with Gasteiger partial charge >= 0.3 is 0 Å². The average molecular weight is 460 g/mol. The number of imidazole rings is 2. The molecule has 3 heterocycles. The number of anilines is 1. The number of benzene rings is 2. The first-order chi connectivity index (χ1) is 14.7. The smallest absolute Gasteiger partial charge is 0.276 e. The largest absolute Gasteiger partial charge is 0.338 e. The van der Waals surface area contributed by atoms with E-state index in [0.717, 1.165) is 26.9 Å². The van der Waals surface area contributed by atoms with Gasteiger partial charge < -0.3 is 10.3 Å². The Morgan fingerprint density at radius 2 is 1.90 bits per heavy atom. The van der Waals surface area contributed by atoms with Crippen molar-refractivity contribution in [3.05, 3.63) is 83.5 Å². The van der Waals surface area contributed by atoms with E-state index in [-0.39, 0.29) is 11.6 Å². The Kier molecular flexibility index (Phi) is 4.56. The first kappa shape index (κ1) is 18.2. The fourth-order valence-electron chi connectivity index (χ4n) is 3.00. The van der Waals surface area contributed by atoms with Crippen LogP contribution in [0.2, 0.25) is 0 Å². The van der Waals surface area contributed by atoms with Crippen LogP contribution in [0.1, 0.15) is 10.5 Å². The van der Waals surface area contributed by atoms with Crippen LogP contribution in [0.3, 0.4) is 0 Å². The zero-order valence-corrected chi connectivity index (χ0v) is 17.0. The maximum Gasteiger partial charge on any atom is 0.276 e. The van der Waals surface area contributed by atoms with E-state index in [9.17, 15) is 4.79 Å². The molecule has 0 atom stereocenters. The van der Waals surface area contributed by atoms with Gasteiger partial charge in [-0.1, -0.05) is 15.9 Å². The summed E-state index contributed by atoms with van der Waals surface area (Å²) < 4.78 is 2.70. The SMILES string of the molecule is O=C(Nc1ccc(-c2nc3ccc(Br)cc3[nH]2)cc1)c1ccc(-n2ccnc2)nn1. The van der Waals surface area contributed by atoms with Crippen LogP contribution in [0.4, 0.5) is 5.69 Å². The fourth-order valence-corrected chi connectivity index (χ4v) is 3.36. The summed E-state index contributed by atoms with van der Waals surface area (Å²) in [4.78, 5) is 24.3. The minimum absolute atomic E-state index is 0.228. The number of carbonyl (C=O) groups is 1. The summed E-state index contributed by atoms with van der Waals surface area (Å²) in [5, 5.41) is 10.9. The molecule has 0 unspecified atom stereocenters. The number of aromatic amines is 1. The number of hydrogen-bond donors (Lipinski definition) is 2. The third-order valence-electron chi connectivity index (χ3n) is 4.51.